The van der Waals surface area contributed by atoms with E-state index in [-0.39, 0.29) is 12.0 Å². The zero-order valence-electron chi connectivity index (χ0n) is 12.5. The van der Waals surface area contributed by atoms with Gasteiger partial charge in [-0.1, -0.05) is 11.6 Å². The van der Waals surface area contributed by atoms with Gasteiger partial charge in [-0.25, -0.2) is 4.98 Å². The minimum Gasteiger partial charge on any atom is -0.371 e. The predicted molar refractivity (Wildman–Crippen MR) is 88.9 cm³/mol. The maximum atomic E-state index is 12.4. The molecule has 6 heteroatoms. The lowest BCUT2D eigenvalue weighted by molar-refractivity contribution is 0.101. The molecule has 0 saturated carbocycles. The van der Waals surface area contributed by atoms with Crippen molar-refractivity contribution in [1.82, 2.24) is 4.98 Å². The Morgan fingerprint density at radius 1 is 1.41 bits per heavy atom. The number of anilines is 1. The Morgan fingerprint density at radius 3 is 2.77 bits per heavy atom. The standard InChI is InChI=1S/C16H17ClN2O2S/c1-9-6-11(17)7-10(2)14(9)19-15(20)12-8-22-16(18-12)13-4-3-5-21-13/h6-8,13H,3-5H2,1-2H3,(H,19,20). The third-order valence-electron chi connectivity index (χ3n) is 3.70. The summed E-state index contributed by atoms with van der Waals surface area (Å²) in [5.41, 5.74) is 3.10. The molecule has 1 aromatic carbocycles. The molecular formula is C16H17ClN2O2S. The van der Waals surface area contributed by atoms with Crippen molar-refractivity contribution in [1.29, 1.82) is 0 Å². The summed E-state index contributed by atoms with van der Waals surface area (Å²) >= 11 is 7.49. The van der Waals surface area contributed by atoms with Crippen molar-refractivity contribution in [3.63, 3.8) is 0 Å². The van der Waals surface area contributed by atoms with Gasteiger partial charge in [-0.15, -0.1) is 11.3 Å². The van der Waals surface area contributed by atoms with E-state index < -0.39 is 0 Å². The summed E-state index contributed by atoms with van der Waals surface area (Å²) in [4.78, 5) is 16.8. The molecule has 1 saturated heterocycles. The summed E-state index contributed by atoms with van der Waals surface area (Å²) in [6.07, 6.45) is 2.07. The number of benzene rings is 1. The van der Waals surface area contributed by atoms with E-state index in [1.807, 2.05) is 26.0 Å². The van der Waals surface area contributed by atoms with Crippen LogP contribution in [0.2, 0.25) is 5.02 Å². The van der Waals surface area contributed by atoms with Crippen molar-refractivity contribution in [3.8, 4) is 0 Å². The van der Waals surface area contributed by atoms with E-state index >= 15 is 0 Å². The Bertz CT molecular complexity index is 685. The molecule has 1 aliphatic rings. The first-order valence-corrected chi connectivity index (χ1v) is 8.45. The third kappa shape index (κ3) is 3.16. The number of hydrogen-bond donors (Lipinski definition) is 1. The van der Waals surface area contributed by atoms with Crippen LogP contribution in [-0.2, 0) is 4.74 Å². The zero-order valence-corrected chi connectivity index (χ0v) is 14.1. The number of carbonyl (C=O) groups excluding carboxylic acids is 1. The Kier molecular flexibility index (Phi) is 4.47. The number of aromatic nitrogens is 1. The highest BCUT2D eigenvalue weighted by atomic mass is 35.5. The fourth-order valence-corrected chi connectivity index (χ4v) is 3.81. The zero-order chi connectivity index (χ0) is 15.7. The average Bonchev–Trinajstić information content (AvgIpc) is 3.12. The number of nitrogens with one attached hydrogen (secondary N) is 1. The van der Waals surface area contributed by atoms with Gasteiger partial charge >= 0.3 is 0 Å². The highest BCUT2D eigenvalue weighted by Gasteiger charge is 2.22. The molecule has 0 bridgehead atoms. The number of amides is 1. The molecule has 1 N–H and O–H groups in total. The van der Waals surface area contributed by atoms with Gasteiger partial charge in [-0.05, 0) is 49.9 Å². The van der Waals surface area contributed by atoms with Gasteiger partial charge in [0.25, 0.3) is 5.91 Å². The van der Waals surface area contributed by atoms with Crippen LogP contribution in [0.15, 0.2) is 17.5 Å². The van der Waals surface area contributed by atoms with Crippen molar-refractivity contribution in [2.45, 2.75) is 32.8 Å². The largest absolute Gasteiger partial charge is 0.371 e. The topological polar surface area (TPSA) is 51.2 Å². The van der Waals surface area contributed by atoms with Crippen LogP contribution in [0.4, 0.5) is 5.69 Å². The van der Waals surface area contributed by atoms with Crippen LogP contribution in [0, 0.1) is 13.8 Å². The second-order valence-electron chi connectivity index (χ2n) is 5.44. The van der Waals surface area contributed by atoms with E-state index in [1.54, 1.807) is 5.38 Å². The lowest BCUT2D eigenvalue weighted by atomic mass is 10.1. The highest BCUT2D eigenvalue weighted by Crippen LogP contribution is 2.31. The van der Waals surface area contributed by atoms with Gasteiger partial charge in [-0.3, -0.25) is 4.79 Å². The van der Waals surface area contributed by atoms with E-state index in [9.17, 15) is 4.79 Å². The first kappa shape index (κ1) is 15.5. The van der Waals surface area contributed by atoms with Gasteiger partial charge in [-0.2, -0.15) is 0 Å². The van der Waals surface area contributed by atoms with Crippen LogP contribution >= 0.6 is 22.9 Å². The van der Waals surface area contributed by atoms with Crippen LogP contribution in [0.3, 0.4) is 0 Å². The monoisotopic (exact) mass is 336 g/mol. The number of ether oxygens (including phenoxy) is 1. The Labute approximate surface area is 138 Å². The summed E-state index contributed by atoms with van der Waals surface area (Å²) in [5.74, 6) is -0.200. The molecule has 1 fully saturated rings. The summed E-state index contributed by atoms with van der Waals surface area (Å²) in [5, 5.41) is 6.27. The van der Waals surface area contributed by atoms with Crippen molar-refractivity contribution in [3.05, 3.63) is 44.4 Å². The van der Waals surface area contributed by atoms with Crippen LogP contribution in [0.5, 0.6) is 0 Å². The first-order chi connectivity index (χ1) is 10.5. The van der Waals surface area contributed by atoms with Crippen molar-refractivity contribution < 1.29 is 9.53 Å². The van der Waals surface area contributed by atoms with Crippen LogP contribution in [-0.4, -0.2) is 17.5 Å². The van der Waals surface area contributed by atoms with Crippen LogP contribution in [0.1, 0.15) is 45.6 Å². The van der Waals surface area contributed by atoms with Crippen molar-refractivity contribution in [2.75, 3.05) is 11.9 Å². The minimum absolute atomic E-state index is 0.0468. The van der Waals surface area contributed by atoms with E-state index in [1.165, 1.54) is 11.3 Å². The quantitative estimate of drug-likeness (QED) is 0.896. The predicted octanol–water partition coefficient (Wildman–Crippen LogP) is 4.52. The fourth-order valence-electron chi connectivity index (χ4n) is 2.60. The Balaban J connectivity index is 1.77. The fraction of sp³-hybridized carbons (Fsp3) is 0.375. The lowest BCUT2D eigenvalue weighted by Crippen LogP contribution is -2.14. The molecular weight excluding hydrogens is 320 g/mol. The number of halogens is 1. The van der Waals surface area contributed by atoms with Crippen molar-refractivity contribution in [2.24, 2.45) is 0 Å². The van der Waals surface area contributed by atoms with Gasteiger partial charge in [0.2, 0.25) is 0 Å². The maximum absolute atomic E-state index is 12.4. The van der Waals surface area contributed by atoms with E-state index in [0.717, 1.165) is 41.3 Å². The molecule has 1 unspecified atom stereocenters. The maximum Gasteiger partial charge on any atom is 0.275 e. The normalized spacial score (nSPS) is 17.7. The molecule has 1 aromatic heterocycles. The summed E-state index contributed by atoms with van der Waals surface area (Å²) < 4.78 is 5.60. The first-order valence-electron chi connectivity index (χ1n) is 7.19. The number of carbonyl (C=O) groups is 1. The second-order valence-corrected chi connectivity index (χ2v) is 6.77. The minimum atomic E-state index is -0.200. The SMILES string of the molecule is Cc1cc(Cl)cc(C)c1NC(=O)c1csc(C2CCCO2)n1. The molecule has 0 spiro atoms. The van der Waals surface area contributed by atoms with E-state index in [4.69, 9.17) is 16.3 Å². The van der Waals surface area contributed by atoms with Gasteiger partial charge in [0.1, 0.15) is 16.8 Å². The molecule has 0 radical (unpaired) electrons. The number of rotatable bonds is 3. The molecule has 2 heterocycles. The smallest absolute Gasteiger partial charge is 0.275 e. The van der Waals surface area contributed by atoms with Gasteiger partial charge < -0.3 is 10.1 Å². The Hall–Kier alpha value is -1.43. The number of aryl methyl sites for hydroxylation is 2. The molecule has 1 amide bonds. The highest BCUT2D eigenvalue weighted by molar-refractivity contribution is 7.09. The molecule has 4 nitrogen and oxygen atoms in total. The molecule has 1 atom stereocenters. The number of thiazole rings is 1. The summed E-state index contributed by atoms with van der Waals surface area (Å²) in [7, 11) is 0. The van der Waals surface area contributed by atoms with Crippen molar-refractivity contribution >= 4 is 34.5 Å². The average molecular weight is 337 g/mol. The molecule has 2 aromatic rings. The lowest BCUT2D eigenvalue weighted by Gasteiger charge is -2.11. The molecule has 116 valence electrons. The van der Waals surface area contributed by atoms with Crippen LogP contribution < -0.4 is 5.32 Å². The molecule has 0 aliphatic carbocycles. The van der Waals surface area contributed by atoms with Crippen LogP contribution in [0.25, 0.3) is 0 Å². The molecule has 22 heavy (non-hydrogen) atoms. The molecule has 1 aliphatic heterocycles. The summed E-state index contributed by atoms with van der Waals surface area (Å²) in [6.45, 7) is 4.62. The summed E-state index contributed by atoms with van der Waals surface area (Å²) in [6, 6.07) is 3.67. The van der Waals surface area contributed by atoms with E-state index in [2.05, 4.69) is 10.3 Å². The van der Waals surface area contributed by atoms with Gasteiger partial charge in [0, 0.05) is 22.7 Å². The third-order valence-corrected chi connectivity index (χ3v) is 4.85. The number of hydrogen-bond acceptors (Lipinski definition) is 4. The van der Waals surface area contributed by atoms with E-state index in [0.29, 0.717) is 10.7 Å². The Morgan fingerprint density at radius 2 is 2.14 bits per heavy atom. The second kappa shape index (κ2) is 6.36. The van der Waals surface area contributed by atoms with Gasteiger partial charge in [0.05, 0.1) is 0 Å². The number of nitrogens with zero attached hydrogens (tertiary/aromatic N) is 1. The van der Waals surface area contributed by atoms with Gasteiger partial charge in [0.15, 0.2) is 0 Å². The molecule has 3 rings (SSSR count).